The van der Waals surface area contributed by atoms with Crippen molar-refractivity contribution in [1.82, 2.24) is 5.32 Å². The first-order chi connectivity index (χ1) is 13.2. The number of quaternary nitrogens is 1. The molecule has 5 heteroatoms. The van der Waals surface area contributed by atoms with Gasteiger partial charge < -0.3 is 19.8 Å². The predicted molar refractivity (Wildman–Crippen MR) is 103 cm³/mol. The summed E-state index contributed by atoms with van der Waals surface area (Å²) in [5, 5.41) is 4.87. The fourth-order valence-electron chi connectivity index (χ4n) is 2.91. The van der Waals surface area contributed by atoms with E-state index >= 15 is 0 Å². The Morgan fingerprint density at radius 3 is 2.70 bits per heavy atom. The Morgan fingerprint density at radius 2 is 1.96 bits per heavy atom. The summed E-state index contributed by atoms with van der Waals surface area (Å²) in [5.74, 6) is 1.62. The molecule has 0 aliphatic carbocycles. The molecule has 1 heterocycles. The van der Waals surface area contributed by atoms with Gasteiger partial charge in [0.25, 0.3) is 5.91 Å². The summed E-state index contributed by atoms with van der Waals surface area (Å²) in [6.45, 7) is 3.24. The number of hydrogen-bond acceptors (Lipinski definition) is 3. The van der Waals surface area contributed by atoms with Gasteiger partial charge in [0.15, 0.2) is 18.3 Å². The third-order valence-corrected chi connectivity index (χ3v) is 4.23. The molecule has 2 aromatic carbocycles. The number of hydrogen-bond donors (Lipinski definition) is 2. The highest BCUT2D eigenvalue weighted by molar-refractivity contribution is 5.76. The van der Waals surface area contributed by atoms with Gasteiger partial charge in [-0.3, -0.25) is 4.79 Å². The molecule has 1 amide bonds. The Labute approximate surface area is 159 Å². The number of benzene rings is 2. The molecular weight excluding hydrogens is 340 g/mol. The molecule has 0 aliphatic heterocycles. The number of rotatable bonds is 9. The summed E-state index contributed by atoms with van der Waals surface area (Å²) >= 11 is 0. The quantitative estimate of drug-likeness (QED) is 0.572. The molecule has 1 atom stereocenters. The van der Waals surface area contributed by atoms with Crippen molar-refractivity contribution < 1.29 is 19.3 Å². The zero-order valence-corrected chi connectivity index (χ0v) is 15.4. The maximum atomic E-state index is 12.2. The SMILES string of the molecule is Cc1cccc(OCCNC(=O)C[NH2+][C@@H](c2ccccc2)c2ccco2)c1. The predicted octanol–water partition coefficient (Wildman–Crippen LogP) is 2.44. The molecule has 3 aromatic rings. The minimum atomic E-state index is -0.0458. The number of nitrogens with one attached hydrogen (secondary N) is 1. The van der Waals surface area contributed by atoms with E-state index in [4.69, 9.17) is 9.15 Å². The van der Waals surface area contributed by atoms with Crippen molar-refractivity contribution >= 4 is 5.91 Å². The van der Waals surface area contributed by atoms with Crippen LogP contribution in [0.2, 0.25) is 0 Å². The number of carbonyl (C=O) groups excluding carboxylic acids is 1. The molecule has 3 rings (SSSR count). The smallest absolute Gasteiger partial charge is 0.275 e. The maximum Gasteiger partial charge on any atom is 0.275 e. The number of amides is 1. The van der Waals surface area contributed by atoms with E-state index in [0.717, 1.165) is 22.6 Å². The topological polar surface area (TPSA) is 68.1 Å². The molecule has 0 unspecified atom stereocenters. The molecule has 0 bridgehead atoms. The van der Waals surface area contributed by atoms with Gasteiger partial charge in [-0.1, -0.05) is 42.5 Å². The molecule has 0 aliphatic rings. The van der Waals surface area contributed by atoms with Gasteiger partial charge in [-0.2, -0.15) is 0 Å². The second kappa shape index (κ2) is 9.59. The van der Waals surface area contributed by atoms with Gasteiger partial charge in [0.2, 0.25) is 0 Å². The average molecular weight is 365 g/mol. The molecule has 0 spiro atoms. The third-order valence-electron chi connectivity index (χ3n) is 4.23. The number of aryl methyl sites for hydroxylation is 1. The van der Waals surface area contributed by atoms with Gasteiger partial charge >= 0.3 is 0 Å². The summed E-state index contributed by atoms with van der Waals surface area (Å²) in [4.78, 5) is 12.2. The van der Waals surface area contributed by atoms with Crippen molar-refractivity contribution in [3.05, 3.63) is 89.9 Å². The van der Waals surface area contributed by atoms with Gasteiger partial charge in [0, 0.05) is 5.56 Å². The van der Waals surface area contributed by atoms with Gasteiger partial charge in [-0.25, -0.2) is 0 Å². The highest BCUT2D eigenvalue weighted by Gasteiger charge is 2.21. The molecule has 27 heavy (non-hydrogen) atoms. The zero-order valence-electron chi connectivity index (χ0n) is 15.4. The Kier molecular flexibility index (Phi) is 6.66. The Bertz CT molecular complexity index is 832. The number of furan rings is 1. The largest absolute Gasteiger partial charge is 0.492 e. The standard InChI is InChI=1S/C22H24N2O3/c1-17-7-5-10-19(15-17)26-14-12-23-21(25)16-24-22(20-11-6-13-27-20)18-8-3-2-4-9-18/h2-11,13,15,22,24H,12,14,16H2,1H3,(H,23,25)/p+1/t22-/m0/s1. The highest BCUT2D eigenvalue weighted by atomic mass is 16.5. The molecule has 0 radical (unpaired) electrons. The van der Waals surface area contributed by atoms with E-state index in [9.17, 15) is 4.79 Å². The highest BCUT2D eigenvalue weighted by Crippen LogP contribution is 2.18. The van der Waals surface area contributed by atoms with Gasteiger partial charge in [-0.05, 0) is 36.8 Å². The monoisotopic (exact) mass is 365 g/mol. The first kappa shape index (κ1) is 18.7. The Hall–Kier alpha value is -3.05. The summed E-state index contributed by atoms with van der Waals surface area (Å²) < 4.78 is 11.2. The number of carbonyl (C=O) groups is 1. The Balaban J connectivity index is 1.45. The van der Waals surface area contributed by atoms with Crippen LogP contribution in [-0.4, -0.2) is 25.6 Å². The third kappa shape index (κ3) is 5.72. The van der Waals surface area contributed by atoms with Crippen LogP contribution in [0.25, 0.3) is 0 Å². The van der Waals surface area contributed by atoms with Crippen molar-refractivity contribution in [2.75, 3.05) is 19.7 Å². The van der Waals surface area contributed by atoms with Crippen LogP contribution in [0.3, 0.4) is 0 Å². The lowest BCUT2D eigenvalue weighted by molar-refractivity contribution is -0.678. The first-order valence-corrected chi connectivity index (χ1v) is 9.10. The van der Waals surface area contributed by atoms with Gasteiger partial charge in [0.1, 0.15) is 12.4 Å². The molecule has 5 nitrogen and oxygen atoms in total. The van der Waals surface area contributed by atoms with E-state index in [-0.39, 0.29) is 11.9 Å². The molecule has 1 aromatic heterocycles. The van der Waals surface area contributed by atoms with Crippen molar-refractivity contribution in [2.24, 2.45) is 0 Å². The van der Waals surface area contributed by atoms with Crippen LogP contribution in [-0.2, 0) is 4.79 Å². The molecule has 3 N–H and O–H groups in total. The van der Waals surface area contributed by atoms with E-state index in [1.807, 2.05) is 79.0 Å². The average Bonchev–Trinajstić information content (AvgIpc) is 3.21. The minimum Gasteiger partial charge on any atom is -0.492 e. The van der Waals surface area contributed by atoms with Crippen LogP contribution in [0.1, 0.15) is 22.9 Å². The van der Waals surface area contributed by atoms with Crippen LogP contribution in [0.5, 0.6) is 5.75 Å². The second-order valence-corrected chi connectivity index (χ2v) is 6.36. The van der Waals surface area contributed by atoms with Crippen molar-refractivity contribution in [1.29, 1.82) is 0 Å². The fourth-order valence-corrected chi connectivity index (χ4v) is 2.91. The van der Waals surface area contributed by atoms with Gasteiger partial charge in [-0.15, -0.1) is 0 Å². The molecular formula is C22H25N2O3+. The first-order valence-electron chi connectivity index (χ1n) is 9.10. The van der Waals surface area contributed by atoms with E-state index in [0.29, 0.717) is 19.7 Å². The fraction of sp³-hybridized carbons (Fsp3) is 0.227. The maximum absolute atomic E-state index is 12.2. The van der Waals surface area contributed by atoms with Crippen molar-refractivity contribution in [3.63, 3.8) is 0 Å². The normalized spacial score (nSPS) is 11.7. The molecule has 0 fully saturated rings. The van der Waals surface area contributed by atoms with Crippen LogP contribution < -0.4 is 15.4 Å². The second-order valence-electron chi connectivity index (χ2n) is 6.36. The summed E-state index contributed by atoms with van der Waals surface area (Å²) in [7, 11) is 0. The van der Waals surface area contributed by atoms with Crippen LogP contribution >= 0.6 is 0 Å². The van der Waals surface area contributed by atoms with E-state index in [1.54, 1.807) is 6.26 Å². The minimum absolute atomic E-state index is 0.0321. The lowest BCUT2D eigenvalue weighted by Crippen LogP contribution is -2.87. The number of nitrogens with two attached hydrogens (primary N) is 1. The van der Waals surface area contributed by atoms with E-state index < -0.39 is 0 Å². The lowest BCUT2D eigenvalue weighted by atomic mass is 10.0. The summed E-state index contributed by atoms with van der Waals surface area (Å²) in [6, 6.07) is 21.6. The Morgan fingerprint density at radius 1 is 1.11 bits per heavy atom. The number of ether oxygens (including phenoxy) is 1. The summed E-state index contributed by atoms with van der Waals surface area (Å²) in [6.07, 6.45) is 1.65. The van der Waals surface area contributed by atoms with Crippen LogP contribution in [0, 0.1) is 6.92 Å². The van der Waals surface area contributed by atoms with Crippen LogP contribution in [0.4, 0.5) is 0 Å². The van der Waals surface area contributed by atoms with Crippen molar-refractivity contribution in [2.45, 2.75) is 13.0 Å². The molecule has 0 saturated heterocycles. The molecule has 140 valence electrons. The zero-order chi connectivity index (χ0) is 18.9. The summed E-state index contributed by atoms with van der Waals surface area (Å²) in [5.41, 5.74) is 2.25. The van der Waals surface area contributed by atoms with E-state index in [1.165, 1.54) is 0 Å². The van der Waals surface area contributed by atoms with Crippen LogP contribution in [0.15, 0.2) is 77.4 Å². The van der Waals surface area contributed by atoms with Gasteiger partial charge in [0.05, 0.1) is 12.8 Å². The molecule has 0 saturated carbocycles. The van der Waals surface area contributed by atoms with E-state index in [2.05, 4.69) is 5.32 Å². The van der Waals surface area contributed by atoms with Crippen molar-refractivity contribution in [3.8, 4) is 5.75 Å². The lowest BCUT2D eigenvalue weighted by Gasteiger charge is -2.14.